The van der Waals surface area contributed by atoms with Crippen LogP contribution in [0.15, 0.2) is 35.7 Å². The van der Waals surface area contributed by atoms with Crippen molar-refractivity contribution in [1.82, 2.24) is 13.9 Å². The molecular formula is C16H17ClFN3O4S. The Morgan fingerprint density at radius 2 is 2.19 bits per heavy atom. The van der Waals surface area contributed by atoms with Crippen LogP contribution in [0.5, 0.6) is 5.75 Å². The van der Waals surface area contributed by atoms with Crippen molar-refractivity contribution < 1.29 is 22.3 Å². The van der Waals surface area contributed by atoms with E-state index in [0.29, 0.717) is 19.4 Å². The van der Waals surface area contributed by atoms with Crippen molar-refractivity contribution in [2.75, 3.05) is 13.1 Å². The van der Waals surface area contributed by atoms with E-state index in [0.717, 1.165) is 6.07 Å². The molecule has 140 valence electrons. The Morgan fingerprint density at radius 3 is 2.85 bits per heavy atom. The van der Waals surface area contributed by atoms with Gasteiger partial charge in [-0.3, -0.25) is 4.79 Å². The Morgan fingerprint density at radius 1 is 1.42 bits per heavy atom. The van der Waals surface area contributed by atoms with Crippen LogP contribution in [0.4, 0.5) is 4.39 Å². The number of hydrogen-bond donors (Lipinski definition) is 0. The summed E-state index contributed by atoms with van der Waals surface area (Å²) in [6, 6.07) is 3.69. The highest BCUT2D eigenvalue weighted by atomic mass is 35.5. The van der Waals surface area contributed by atoms with Crippen LogP contribution in [0.2, 0.25) is 5.02 Å². The van der Waals surface area contributed by atoms with E-state index in [1.54, 1.807) is 7.05 Å². The standard InChI is InChI=1S/C16H17ClFN3O4S/c1-20-9-15(19-10-20)26(23,24)21-6-2-3-11(8-21)16(22)25-12-4-5-13(17)14(18)7-12/h4-5,7,9-11H,2-3,6,8H2,1H3. The van der Waals surface area contributed by atoms with Crippen molar-refractivity contribution >= 4 is 27.6 Å². The molecular weight excluding hydrogens is 385 g/mol. The van der Waals surface area contributed by atoms with Crippen molar-refractivity contribution in [3.63, 3.8) is 0 Å². The first kappa shape index (κ1) is 18.8. The van der Waals surface area contributed by atoms with Gasteiger partial charge in [0.15, 0.2) is 5.03 Å². The van der Waals surface area contributed by atoms with Gasteiger partial charge in [-0.15, -0.1) is 0 Å². The number of carbonyl (C=O) groups excluding carboxylic acids is 1. The Balaban J connectivity index is 1.71. The molecule has 1 aliphatic rings. The Labute approximate surface area is 155 Å². The molecule has 1 aliphatic heterocycles. The zero-order valence-electron chi connectivity index (χ0n) is 13.9. The first-order valence-electron chi connectivity index (χ1n) is 7.92. The highest BCUT2D eigenvalue weighted by Gasteiger charge is 2.35. The molecule has 1 fully saturated rings. The molecule has 0 aliphatic carbocycles. The van der Waals surface area contributed by atoms with Crippen LogP contribution in [-0.2, 0) is 21.9 Å². The lowest BCUT2D eigenvalue weighted by Crippen LogP contribution is -2.43. The maximum atomic E-state index is 13.5. The molecule has 0 radical (unpaired) electrons. The minimum absolute atomic E-state index is 0.00614. The number of aromatic nitrogens is 2. The van der Waals surface area contributed by atoms with Crippen LogP contribution in [0, 0.1) is 11.7 Å². The molecule has 0 amide bonds. The minimum atomic E-state index is -3.78. The second kappa shape index (κ2) is 7.34. The van der Waals surface area contributed by atoms with Crippen LogP contribution in [0.3, 0.4) is 0 Å². The maximum Gasteiger partial charge on any atom is 0.315 e. The van der Waals surface area contributed by atoms with Crippen molar-refractivity contribution in [2.24, 2.45) is 13.0 Å². The largest absolute Gasteiger partial charge is 0.426 e. The van der Waals surface area contributed by atoms with Gasteiger partial charge in [0, 0.05) is 32.4 Å². The molecule has 0 saturated carbocycles. The Kier molecular flexibility index (Phi) is 5.31. The molecule has 1 unspecified atom stereocenters. The summed E-state index contributed by atoms with van der Waals surface area (Å²) in [6.45, 7) is 0.298. The third kappa shape index (κ3) is 3.89. The number of rotatable bonds is 4. The van der Waals surface area contributed by atoms with Crippen molar-refractivity contribution in [1.29, 1.82) is 0 Å². The monoisotopic (exact) mass is 401 g/mol. The predicted octanol–water partition coefficient (Wildman–Crippen LogP) is 2.22. The number of sulfonamides is 1. The molecule has 0 N–H and O–H groups in total. The average Bonchev–Trinajstić information content (AvgIpc) is 3.05. The van der Waals surface area contributed by atoms with Gasteiger partial charge in [-0.25, -0.2) is 17.8 Å². The molecule has 1 aromatic heterocycles. The van der Waals surface area contributed by atoms with Gasteiger partial charge >= 0.3 is 5.97 Å². The van der Waals surface area contributed by atoms with Crippen LogP contribution in [0.1, 0.15) is 12.8 Å². The second-order valence-electron chi connectivity index (χ2n) is 6.08. The summed E-state index contributed by atoms with van der Waals surface area (Å²) in [4.78, 5) is 16.2. The second-order valence-corrected chi connectivity index (χ2v) is 8.37. The van der Waals surface area contributed by atoms with Gasteiger partial charge in [0.1, 0.15) is 11.6 Å². The van der Waals surface area contributed by atoms with E-state index >= 15 is 0 Å². The van der Waals surface area contributed by atoms with E-state index in [1.165, 1.54) is 33.5 Å². The minimum Gasteiger partial charge on any atom is -0.426 e. The van der Waals surface area contributed by atoms with Crippen molar-refractivity contribution in [2.45, 2.75) is 17.9 Å². The fourth-order valence-electron chi connectivity index (χ4n) is 2.75. The lowest BCUT2D eigenvalue weighted by molar-refractivity contribution is -0.140. The average molecular weight is 402 g/mol. The summed E-state index contributed by atoms with van der Waals surface area (Å²) in [7, 11) is -2.10. The van der Waals surface area contributed by atoms with Crippen LogP contribution in [0.25, 0.3) is 0 Å². The molecule has 10 heteroatoms. The number of imidazole rings is 1. The molecule has 0 spiro atoms. The van der Waals surface area contributed by atoms with Gasteiger partial charge < -0.3 is 9.30 Å². The number of aryl methyl sites for hydroxylation is 1. The van der Waals surface area contributed by atoms with Gasteiger partial charge in [0.2, 0.25) is 0 Å². The Hall–Kier alpha value is -1.97. The quantitative estimate of drug-likeness (QED) is 0.579. The SMILES string of the molecule is Cn1cnc(S(=O)(=O)N2CCCC(C(=O)Oc3ccc(Cl)c(F)c3)C2)c1. The van der Waals surface area contributed by atoms with E-state index in [-0.39, 0.29) is 22.3 Å². The van der Waals surface area contributed by atoms with E-state index in [1.807, 2.05) is 0 Å². The zero-order chi connectivity index (χ0) is 18.9. The normalized spacial score (nSPS) is 18.7. The fraction of sp³-hybridized carbons (Fsp3) is 0.375. The van der Waals surface area contributed by atoms with Crippen molar-refractivity contribution in [3.8, 4) is 5.75 Å². The summed E-state index contributed by atoms with van der Waals surface area (Å²) >= 11 is 5.60. The number of nitrogens with zero attached hydrogens (tertiary/aromatic N) is 3. The van der Waals surface area contributed by atoms with Crippen LogP contribution in [-0.4, -0.2) is 41.3 Å². The van der Waals surface area contributed by atoms with E-state index in [2.05, 4.69) is 4.98 Å². The van der Waals surface area contributed by atoms with E-state index < -0.39 is 27.7 Å². The molecule has 26 heavy (non-hydrogen) atoms. The maximum absolute atomic E-state index is 13.5. The number of ether oxygens (including phenoxy) is 1. The van der Waals surface area contributed by atoms with Gasteiger partial charge in [-0.1, -0.05) is 11.6 Å². The third-order valence-corrected chi connectivity index (χ3v) is 6.17. The summed E-state index contributed by atoms with van der Waals surface area (Å²) in [5.41, 5.74) is 0. The van der Waals surface area contributed by atoms with Crippen LogP contribution < -0.4 is 4.74 Å². The molecule has 1 aromatic carbocycles. The highest BCUT2D eigenvalue weighted by molar-refractivity contribution is 7.89. The van der Waals surface area contributed by atoms with Crippen molar-refractivity contribution in [3.05, 3.63) is 41.6 Å². The first-order chi connectivity index (χ1) is 12.3. The summed E-state index contributed by atoms with van der Waals surface area (Å²) < 4.78 is 46.7. The van der Waals surface area contributed by atoms with Gasteiger partial charge in [-0.05, 0) is 25.0 Å². The molecule has 1 saturated heterocycles. The molecule has 7 nitrogen and oxygen atoms in total. The van der Waals surface area contributed by atoms with Gasteiger partial charge in [-0.2, -0.15) is 4.31 Å². The highest BCUT2D eigenvalue weighted by Crippen LogP contribution is 2.26. The molecule has 2 heterocycles. The fourth-order valence-corrected chi connectivity index (χ4v) is 4.35. The topological polar surface area (TPSA) is 81.5 Å². The number of halogens is 2. The van der Waals surface area contributed by atoms with Gasteiger partial charge in [0.25, 0.3) is 10.0 Å². The third-order valence-electron chi connectivity index (χ3n) is 4.11. The zero-order valence-corrected chi connectivity index (χ0v) is 15.5. The molecule has 0 bridgehead atoms. The first-order valence-corrected chi connectivity index (χ1v) is 9.74. The number of hydrogen-bond acceptors (Lipinski definition) is 5. The predicted molar refractivity (Wildman–Crippen MR) is 91.7 cm³/mol. The molecule has 3 rings (SSSR count). The number of piperidine rings is 1. The number of esters is 1. The summed E-state index contributed by atoms with van der Waals surface area (Å²) in [6.07, 6.45) is 3.81. The lowest BCUT2D eigenvalue weighted by atomic mass is 10.00. The van der Waals surface area contributed by atoms with E-state index in [9.17, 15) is 17.6 Å². The lowest BCUT2D eigenvalue weighted by Gasteiger charge is -2.30. The number of carbonyl (C=O) groups is 1. The molecule has 2 aromatic rings. The van der Waals surface area contributed by atoms with Gasteiger partial charge in [0.05, 0.1) is 17.3 Å². The Bertz CT molecular complexity index is 931. The molecule has 1 atom stereocenters. The number of benzene rings is 1. The van der Waals surface area contributed by atoms with Crippen LogP contribution >= 0.6 is 11.6 Å². The summed E-state index contributed by atoms with van der Waals surface area (Å²) in [5, 5.41) is -0.135. The summed E-state index contributed by atoms with van der Waals surface area (Å²) in [5.74, 6) is -1.91. The van der Waals surface area contributed by atoms with E-state index in [4.69, 9.17) is 16.3 Å². The smallest absolute Gasteiger partial charge is 0.315 e.